The molecule has 1 heterocycles. The maximum Gasteiger partial charge on any atom is 0.287 e. The van der Waals surface area contributed by atoms with Gasteiger partial charge >= 0.3 is 0 Å². The standard InChI is InChI=1S/C10H13N3O2/c1-10(2)8(9(10)11)7-4-3-6(5-12-7)13(14)15/h3-5,8-9H,11H2,1-2H3/t8-,9-/m0/s1. The van der Waals surface area contributed by atoms with Crippen molar-refractivity contribution in [3.8, 4) is 0 Å². The van der Waals surface area contributed by atoms with E-state index in [-0.39, 0.29) is 23.1 Å². The van der Waals surface area contributed by atoms with Crippen LogP contribution in [0, 0.1) is 15.5 Å². The van der Waals surface area contributed by atoms with E-state index >= 15 is 0 Å². The molecule has 80 valence electrons. The summed E-state index contributed by atoms with van der Waals surface area (Å²) in [5, 5.41) is 10.4. The Morgan fingerprint density at radius 2 is 2.13 bits per heavy atom. The molecule has 2 N–H and O–H groups in total. The fraction of sp³-hybridized carbons (Fsp3) is 0.500. The van der Waals surface area contributed by atoms with Crippen molar-refractivity contribution in [2.24, 2.45) is 11.1 Å². The number of pyridine rings is 1. The Bertz CT molecular complexity index is 400. The van der Waals surface area contributed by atoms with E-state index in [0.29, 0.717) is 0 Å². The smallest absolute Gasteiger partial charge is 0.287 e. The molecule has 0 spiro atoms. The van der Waals surface area contributed by atoms with Crippen LogP contribution in [0.4, 0.5) is 5.69 Å². The topological polar surface area (TPSA) is 82.0 Å². The van der Waals surface area contributed by atoms with Crippen molar-refractivity contribution in [2.75, 3.05) is 0 Å². The predicted octanol–water partition coefficient (Wildman–Crippen LogP) is 1.44. The SMILES string of the molecule is CC1(C)[C@@H](N)[C@@H]1c1ccc([N+](=O)[O-])cn1. The van der Waals surface area contributed by atoms with Crippen molar-refractivity contribution in [1.29, 1.82) is 0 Å². The maximum absolute atomic E-state index is 10.4. The molecule has 1 aliphatic rings. The minimum Gasteiger partial charge on any atom is -0.327 e. The number of nitrogens with two attached hydrogens (primary N) is 1. The summed E-state index contributed by atoms with van der Waals surface area (Å²) < 4.78 is 0. The van der Waals surface area contributed by atoms with Crippen LogP contribution in [0.25, 0.3) is 0 Å². The van der Waals surface area contributed by atoms with Crippen molar-refractivity contribution < 1.29 is 4.92 Å². The highest BCUT2D eigenvalue weighted by molar-refractivity contribution is 5.34. The van der Waals surface area contributed by atoms with E-state index in [1.54, 1.807) is 6.07 Å². The number of nitro groups is 1. The average molecular weight is 207 g/mol. The van der Waals surface area contributed by atoms with Gasteiger partial charge in [-0.15, -0.1) is 0 Å². The van der Waals surface area contributed by atoms with E-state index in [4.69, 9.17) is 5.73 Å². The van der Waals surface area contributed by atoms with Gasteiger partial charge in [0.15, 0.2) is 0 Å². The first kappa shape index (κ1) is 10.0. The zero-order chi connectivity index (χ0) is 11.2. The van der Waals surface area contributed by atoms with Gasteiger partial charge in [-0.2, -0.15) is 0 Å². The number of aromatic nitrogens is 1. The van der Waals surface area contributed by atoms with Gasteiger partial charge in [0.05, 0.1) is 4.92 Å². The third kappa shape index (κ3) is 1.48. The molecular weight excluding hydrogens is 194 g/mol. The molecule has 0 amide bonds. The molecule has 0 aromatic carbocycles. The first-order chi connectivity index (χ1) is 6.94. The molecule has 15 heavy (non-hydrogen) atoms. The third-order valence-corrected chi connectivity index (χ3v) is 3.21. The summed E-state index contributed by atoms with van der Waals surface area (Å²) in [5.41, 5.74) is 6.82. The van der Waals surface area contributed by atoms with Gasteiger partial charge in [-0.25, -0.2) is 0 Å². The fourth-order valence-corrected chi connectivity index (χ4v) is 1.93. The molecule has 1 aliphatic carbocycles. The minimum absolute atomic E-state index is 0.0192. The molecule has 5 nitrogen and oxygen atoms in total. The van der Waals surface area contributed by atoms with Gasteiger partial charge < -0.3 is 5.73 Å². The molecule has 0 bridgehead atoms. The second kappa shape index (κ2) is 3.00. The van der Waals surface area contributed by atoms with E-state index in [1.807, 2.05) is 0 Å². The third-order valence-electron chi connectivity index (χ3n) is 3.21. The lowest BCUT2D eigenvalue weighted by Gasteiger charge is -2.00. The van der Waals surface area contributed by atoms with Gasteiger partial charge in [-0.1, -0.05) is 13.8 Å². The number of nitrogens with zero attached hydrogens (tertiary/aromatic N) is 2. The molecular formula is C10H13N3O2. The van der Waals surface area contributed by atoms with E-state index in [1.165, 1.54) is 12.3 Å². The van der Waals surface area contributed by atoms with Crippen LogP contribution in [-0.2, 0) is 0 Å². The lowest BCUT2D eigenvalue weighted by atomic mass is 10.1. The Kier molecular flexibility index (Phi) is 2.01. The van der Waals surface area contributed by atoms with Gasteiger partial charge in [-0.05, 0) is 11.5 Å². The molecule has 0 aliphatic heterocycles. The summed E-state index contributed by atoms with van der Waals surface area (Å²) in [4.78, 5) is 14.1. The van der Waals surface area contributed by atoms with Gasteiger partial charge in [0, 0.05) is 23.7 Å². The molecule has 1 fully saturated rings. The molecule has 0 radical (unpaired) electrons. The van der Waals surface area contributed by atoms with Crippen LogP contribution in [0.1, 0.15) is 25.5 Å². The Balaban J connectivity index is 2.23. The molecule has 1 aromatic rings. The van der Waals surface area contributed by atoms with Crippen LogP contribution in [0.3, 0.4) is 0 Å². The quantitative estimate of drug-likeness (QED) is 0.587. The molecule has 2 atom stereocenters. The van der Waals surface area contributed by atoms with Crippen molar-refractivity contribution in [3.63, 3.8) is 0 Å². The largest absolute Gasteiger partial charge is 0.327 e. The zero-order valence-electron chi connectivity index (χ0n) is 8.68. The van der Waals surface area contributed by atoms with Crippen LogP contribution in [0.2, 0.25) is 0 Å². The molecule has 0 saturated heterocycles. The highest BCUT2D eigenvalue weighted by Crippen LogP contribution is 2.56. The van der Waals surface area contributed by atoms with Crippen molar-refractivity contribution in [2.45, 2.75) is 25.8 Å². The summed E-state index contributed by atoms with van der Waals surface area (Å²) in [5.74, 6) is 0.221. The first-order valence-electron chi connectivity index (χ1n) is 4.80. The monoisotopic (exact) mass is 207 g/mol. The van der Waals surface area contributed by atoms with Crippen LogP contribution < -0.4 is 5.73 Å². The Hall–Kier alpha value is -1.49. The van der Waals surface area contributed by atoms with Crippen LogP contribution in [-0.4, -0.2) is 15.9 Å². The van der Waals surface area contributed by atoms with Gasteiger partial charge in [-0.3, -0.25) is 15.1 Å². The summed E-state index contributed by atoms with van der Waals surface area (Å²) in [6.07, 6.45) is 1.29. The highest BCUT2D eigenvalue weighted by Gasteiger charge is 2.57. The van der Waals surface area contributed by atoms with Crippen molar-refractivity contribution in [1.82, 2.24) is 4.98 Å². The van der Waals surface area contributed by atoms with Crippen molar-refractivity contribution >= 4 is 5.69 Å². The molecule has 1 aromatic heterocycles. The minimum atomic E-state index is -0.450. The van der Waals surface area contributed by atoms with Crippen LogP contribution in [0.5, 0.6) is 0 Å². The van der Waals surface area contributed by atoms with Crippen molar-refractivity contribution in [3.05, 3.63) is 34.1 Å². The second-order valence-electron chi connectivity index (χ2n) is 4.52. The lowest BCUT2D eigenvalue weighted by molar-refractivity contribution is -0.385. The second-order valence-corrected chi connectivity index (χ2v) is 4.52. The van der Waals surface area contributed by atoms with E-state index < -0.39 is 4.92 Å². The van der Waals surface area contributed by atoms with Gasteiger partial charge in [0.1, 0.15) is 6.20 Å². The molecule has 0 unspecified atom stereocenters. The Labute approximate surface area is 87.5 Å². The van der Waals surface area contributed by atoms with E-state index in [2.05, 4.69) is 18.8 Å². The van der Waals surface area contributed by atoms with Gasteiger partial charge in [0.25, 0.3) is 5.69 Å². The normalized spacial score (nSPS) is 27.4. The molecule has 1 saturated carbocycles. The maximum atomic E-state index is 10.4. The summed E-state index contributed by atoms with van der Waals surface area (Å²) in [6.45, 7) is 4.15. The zero-order valence-corrected chi connectivity index (χ0v) is 8.68. The fourth-order valence-electron chi connectivity index (χ4n) is 1.93. The summed E-state index contributed by atoms with van der Waals surface area (Å²) in [7, 11) is 0. The highest BCUT2D eigenvalue weighted by atomic mass is 16.6. The summed E-state index contributed by atoms with van der Waals surface area (Å²) in [6, 6.07) is 3.27. The average Bonchev–Trinajstić information content (AvgIpc) is 2.66. The first-order valence-corrected chi connectivity index (χ1v) is 4.80. The number of hydrogen-bond donors (Lipinski definition) is 1. The molecule has 5 heteroatoms. The number of rotatable bonds is 2. The number of hydrogen-bond acceptors (Lipinski definition) is 4. The summed E-state index contributed by atoms with van der Waals surface area (Å²) >= 11 is 0. The molecule has 2 rings (SSSR count). The Morgan fingerprint density at radius 1 is 1.53 bits per heavy atom. The Morgan fingerprint density at radius 3 is 2.47 bits per heavy atom. The van der Waals surface area contributed by atoms with E-state index in [0.717, 1.165) is 5.69 Å². The lowest BCUT2D eigenvalue weighted by Crippen LogP contribution is -2.06. The predicted molar refractivity (Wildman–Crippen MR) is 55.4 cm³/mol. The van der Waals surface area contributed by atoms with Gasteiger partial charge in [0.2, 0.25) is 0 Å². The van der Waals surface area contributed by atoms with Crippen LogP contribution >= 0.6 is 0 Å². The van der Waals surface area contributed by atoms with E-state index in [9.17, 15) is 10.1 Å². The van der Waals surface area contributed by atoms with Crippen LogP contribution in [0.15, 0.2) is 18.3 Å².